The van der Waals surface area contributed by atoms with Crippen LogP contribution in [0.15, 0.2) is 87.2 Å². The molecule has 4 bridgehead atoms. The van der Waals surface area contributed by atoms with Crippen LogP contribution < -0.4 is 10.3 Å². The van der Waals surface area contributed by atoms with Crippen molar-refractivity contribution < 1.29 is 9.53 Å². The number of aromatic nitrogens is 1. The summed E-state index contributed by atoms with van der Waals surface area (Å²) >= 11 is 3.64. The van der Waals surface area contributed by atoms with Gasteiger partial charge in [0.1, 0.15) is 5.75 Å². The SMILES string of the molecule is COc1ccc([C@@H]2CC(c3c(-c4ccccc4)c4cc(Br)ccc4[nH]c3=O)=NN2C(=O)C23CC4CC(CC(C4)C2)C3)cc1. The van der Waals surface area contributed by atoms with Gasteiger partial charge in [0.15, 0.2) is 0 Å². The molecule has 9 rings (SSSR count). The topological polar surface area (TPSA) is 74.8 Å². The molecular weight excluding hydrogens is 602 g/mol. The number of hydrazone groups is 1. The third kappa shape index (κ3) is 4.46. The zero-order valence-corrected chi connectivity index (χ0v) is 25.8. The number of pyridine rings is 1. The molecule has 0 saturated heterocycles. The van der Waals surface area contributed by atoms with E-state index in [9.17, 15) is 9.59 Å². The Morgan fingerprint density at radius 3 is 2.26 bits per heavy atom. The van der Waals surface area contributed by atoms with Crippen LogP contribution in [0.3, 0.4) is 0 Å². The van der Waals surface area contributed by atoms with E-state index in [4.69, 9.17) is 9.84 Å². The van der Waals surface area contributed by atoms with Crippen LogP contribution >= 0.6 is 15.9 Å². The molecule has 2 heterocycles. The molecule has 0 spiro atoms. The zero-order valence-electron chi connectivity index (χ0n) is 24.2. The molecule has 1 N–H and O–H groups in total. The summed E-state index contributed by atoms with van der Waals surface area (Å²) in [6.07, 6.45) is 7.17. The molecule has 1 aliphatic heterocycles. The van der Waals surface area contributed by atoms with Crippen LogP contribution in [0, 0.1) is 23.2 Å². The number of methoxy groups -OCH3 is 1. The monoisotopic (exact) mass is 635 g/mol. The quantitative estimate of drug-likeness (QED) is 0.242. The van der Waals surface area contributed by atoms with Gasteiger partial charge >= 0.3 is 0 Å². The Labute approximate surface area is 259 Å². The third-order valence-electron chi connectivity index (χ3n) is 10.4. The summed E-state index contributed by atoms with van der Waals surface area (Å²) in [7, 11) is 1.66. The molecule has 1 atom stereocenters. The number of halogens is 1. The van der Waals surface area contributed by atoms with Crippen LogP contribution in [0.25, 0.3) is 22.0 Å². The molecule has 4 aromatic rings. The van der Waals surface area contributed by atoms with Gasteiger partial charge in [0, 0.05) is 27.4 Å². The summed E-state index contributed by atoms with van der Waals surface area (Å²) in [6.45, 7) is 0. The maximum absolute atomic E-state index is 14.8. The van der Waals surface area contributed by atoms with E-state index in [2.05, 4.69) is 20.9 Å². The number of fused-ring (bicyclic) bond motifs is 1. The Hall–Kier alpha value is -3.71. The van der Waals surface area contributed by atoms with Crippen LogP contribution in [-0.2, 0) is 4.79 Å². The summed E-state index contributed by atoms with van der Waals surface area (Å²) in [6, 6.07) is 23.6. The predicted octanol–water partition coefficient (Wildman–Crippen LogP) is 7.86. The molecule has 1 aromatic heterocycles. The van der Waals surface area contributed by atoms with Crippen molar-refractivity contribution in [3.8, 4) is 16.9 Å². The zero-order chi connectivity index (χ0) is 29.3. The van der Waals surface area contributed by atoms with Crippen molar-refractivity contribution in [2.45, 2.75) is 51.0 Å². The molecule has 4 aliphatic carbocycles. The van der Waals surface area contributed by atoms with Gasteiger partial charge < -0.3 is 9.72 Å². The van der Waals surface area contributed by atoms with Crippen LogP contribution in [-0.4, -0.2) is 28.7 Å². The van der Waals surface area contributed by atoms with Crippen molar-refractivity contribution in [2.24, 2.45) is 28.3 Å². The van der Waals surface area contributed by atoms with E-state index < -0.39 is 0 Å². The summed E-state index contributed by atoms with van der Waals surface area (Å²) in [5.41, 5.74) is 4.21. The first-order chi connectivity index (χ1) is 20.9. The van der Waals surface area contributed by atoms with Crippen LogP contribution in [0.4, 0.5) is 0 Å². The number of carbonyl (C=O) groups excluding carboxylic acids is 1. The minimum atomic E-state index is -0.346. The molecule has 5 aliphatic rings. The lowest BCUT2D eigenvalue weighted by atomic mass is 9.49. The number of nitrogens with zero attached hydrogens (tertiary/aromatic N) is 2. The Balaban J connectivity index is 1.29. The molecular formula is C36H34BrN3O3. The summed E-state index contributed by atoms with van der Waals surface area (Å²) in [5, 5.41) is 7.83. The van der Waals surface area contributed by atoms with E-state index in [0.29, 0.717) is 35.4 Å². The first-order valence-electron chi connectivity index (χ1n) is 15.4. The number of hydrogen-bond donors (Lipinski definition) is 1. The van der Waals surface area contributed by atoms with Gasteiger partial charge in [-0.3, -0.25) is 9.59 Å². The van der Waals surface area contributed by atoms with Crippen molar-refractivity contribution in [3.05, 3.63) is 98.7 Å². The highest BCUT2D eigenvalue weighted by Gasteiger charge is 2.57. The van der Waals surface area contributed by atoms with Gasteiger partial charge in [-0.25, -0.2) is 5.01 Å². The fourth-order valence-electron chi connectivity index (χ4n) is 9.00. The van der Waals surface area contributed by atoms with Crippen LogP contribution in [0.5, 0.6) is 5.75 Å². The number of carbonyl (C=O) groups is 1. The Kier molecular flexibility index (Phi) is 6.37. The second-order valence-corrected chi connectivity index (χ2v) is 14.1. The number of nitrogens with one attached hydrogen (secondary N) is 1. The van der Waals surface area contributed by atoms with Gasteiger partial charge in [-0.2, -0.15) is 5.10 Å². The summed E-state index contributed by atoms with van der Waals surface area (Å²) < 4.78 is 6.36. The normalized spacial score (nSPS) is 27.5. The predicted molar refractivity (Wildman–Crippen MR) is 172 cm³/mol. The second-order valence-electron chi connectivity index (χ2n) is 13.1. The van der Waals surface area contributed by atoms with Crippen molar-refractivity contribution in [2.75, 3.05) is 7.11 Å². The lowest BCUT2D eigenvalue weighted by Gasteiger charge is -2.56. The van der Waals surface area contributed by atoms with E-state index in [0.717, 1.165) is 57.1 Å². The first kappa shape index (κ1) is 26.9. The highest BCUT2D eigenvalue weighted by Crippen LogP contribution is 2.61. The highest BCUT2D eigenvalue weighted by atomic mass is 79.9. The fourth-order valence-corrected chi connectivity index (χ4v) is 9.36. The lowest BCUT2D eigenvalue weighted by Crippen LogP contribution is -2.53. The maximum atomic E-state index is 14.8. The smallest absolute Gasteiger partial charge is 0.258 e. The lowest BCUT2D eigenvalue weighted by molar-refractivity contribution is -0.159. The molecule has 7 heteroatoms. The fraction of sp³-hybridized carbons (Fsp3) is 0.361. The molecule has 4 saturated carbocycles. The molecule has 4 fully saturated rings. The van der Waals surface area contributed by atoms with E-state index in [-0.39, 0.29) is 22.9 Å². The number of aromatic amines is 1. The molecule has 0 radical (unpaired) electrons. The molecule has 6 nitrogen and oxygen atoms in total. The largest absolute Gasteiger partial charge is 0.497 e. The van der Waals surface area contributed by atoms with Crippen molar-refractivity contribution in [3.63, 3.8) is 0 Å². The van der Waals surface area contributed by atoms with Crippen LogP contribution in [0.1, 0.15) is 62.1 Å². The number of hydrogen-bond acceptors (Lipinski definition) is 4. The van der Waals surface area contributed by atoms with E-state index >= 15 is 0 Å². The Bertz CT molecular complexity index is 1790. The molecule has 1 amide bonds. The number of ether oxygens (including phenoxy) is 1. The number of rotatable bonds is 5. The molecule has 0 unspecified atom stereocenters. The highest BCUT2D eigenvalue weighted by molar-refractivity contribution is 9.10. The molecule has 3 aromatic carbocycles. The molecule has 43 heavy (non-hydrogen) atoms. The van der Waals surface area contributed by atoms with E-state index in [1.54, 1.807) is 12.1 Å². The van der Waals surface area contributed by atoms with Gasteiger partial charge in [-0.15, -0.1) is 0 Å². The van der Waals surface area contributed by atoms with Gasteiger partial charge in [0.05, 0.1) is 29.8 Å². The van der Waals surface area contributed by atoms with Crippen molar-refractivity contribution in [1.29, 1.82) is 0 Å². The number of amides is 1. The standard InChI is InChI=1S/C36H34BrN3O3/c1-43-27-10-7-24(8-11-27)31-17-30(39-40(31)35(42)36-18-21-13-22(19-36)15-23(14-21)20-36)33-32(25-5-3-2-4-6-25)28-16-26(37)9-12-29(28)38-34(33)41/h2-12,16,21-23,31H,13-15,17-20H2,1H3,(H,38,41)/t21?,22?,23?,31-,36?/m0/s1. The second kappa shape index (κ2) is 10.2. The van der Waals surface area contributed by atoms with Crippen LogP contribution in [0.2, 0.25) is 0 Å². The van der Waals surface area contributed by atoms with Crippen molar-refractivity contribution >= 4 is 38.5 Å². The van der Waals surface area contributed by atoms with Gasteiger partial charge in [-0.05, 0) is 97.7 Å². The minimum Gasteiger partial charge on any atom is -0.497 e. The summed E-state index contributed by atoms with van der Waals surface area (Å²) in [4.78, 5) is 31.9. The van der Waals surface area contributed by atoms with E-state index in [1.165, 1.54) is 19.3 Å². The average molecular weight is 637 g/mol. The Morgan fingerprint density at radius 1 is 0.930 bits per heavy atom. The number of H-pyrrole nitrogens is 1. The van der Waals surface area contributed by atoms with Gasteiger partial charge in [0.2, 0.25) is 5.91 Å². The minimum absolute atomic E-state index is 0.142. The first-order valence-corrected chi connectivity index (χ1v) is 16.2. The maximum Gasteiger partial charge on any atom is 0.258 e. The van der Waals surface area contributed by atoms with Gasteiger partial charge in [-0.1, -0.05) is 58.4 Å². The molecule has 218 valence electrons. The Morgan fingerprint density at radius 2 is 1.60 bits per heavy atom. The average Bonchev–Trinajstić information content (AvgIpc) is 3.45. The van der Waals surface area contributed by atoms with E-state index in [1.807, 2.05) is 72.8 Å². The third-order valence-corrected chi connectivity index (χ3v) is 10.9. The number of benzene rings is 3. The summed E-state index contributed by atoms with van der Waals surface area (Å²) in [5.74, 6) is 2.85. The van der Waals surface area contributed by atoms with Gasteiger partial charge in [0.25, 0.3) is 5.56 Å². The van der Waals surface area contributed by atoms with Crippen molar-refractivity contribution in [1.82, 2.24) is 9.99 Å².